The van der Waals surface area contributed by atoms with Crippen molar-refractivity contribution in [3.63, 3.8) is 0 Å². The maximum Gasteiger partial charge on any atom is 0.407 e. The van der Waals surface area contributed by atoms with Gasteiger partial charge in [0, 0.05) is 18.0 Å². The molecule has 0 radical (unpaired) electrons. The largest absolute Gasteiger partial charge is 0.445 e. The van der Waals surface area contributed by atoms with Crippen LogP contribution in [0.25, 0.3) is 0 Å². The molecule has 2 aliphatic rings. The van der Waals surface area contributed by atoms with Crippen LogP contribution in [-0.4, -0.2) is 41.2 Å². The third-order valence-corrected chi connectivity index (χ3v) is 6.35. The Labute approximate surface area is 194 Å². The summed E-state index contributed by atoms with van der Waals surface area (Å²) in [6.07, 6.45) is 1.60. The maximum absolute atomic E-state index is 14.2. The van der Waals surface area contributed by atoms with Crippen molar-refractivity contribution < 1.29 is 23.6 Å². The fourth-order valence-electron chi connectivity index (χ4n) is 4.92. The molecule has 1 aromatic carbocycles. The molecule has 0 spiro atoms. The van der Waals surface area contributed by atoms with Crippen LogP contribution in [0.15, 0.2) is 30.5 Å². The van der Waals surface area contributed by atoms with E-state index in [0.29, 0.717) is 12.8 Å². The molecule has 2 aromatic rings. The van der Waals surface area contributed by atoms with Crippen LogP contribution in [0.3, 0.4) is 0 Å². The van der Waals surface area contributed by atoms with Gasteiger partial charge in [-0.3, -0.25) is 15.1 Å². The molecule has 0 aliphatic heterocycles. The van der Waals surface area contributed by atoms with Crippen LogP contribution in [-0.2, 0) is 21.0 Å². The van der Waals surface area contributed by atoms with Gasteiger partial charge in [0.15, 0.2) is 11.6 Å². The van der Waals surface area contributed by atoms with E-state index >= 15 is 0 Å². The number of anilines is 2. The Kier molecular flexibility index (Phi) is 6.80. The molecule has 33 heavy (non-hydrogen) atoms. The Morgan fingerprint density at radius 3 is 2.91 bits per heavy atom. The van der Waals surface area contributed by atoms with Gasteiger partial charge in [0.1, 0.15) is 6.61 Å². The number of primary amides is 1. The van der Waals surface area contributed by atoms with Crippen LogP contribution in [0.4, 0.5) is 20.7 Å². The zero-order valence-corrected chi connectivity index (χ0v) is 18.5. The fourth-order valence-corrected chi connectivity index (χ4v) is 5.06. The Bertz CT molecular complexity index is 1040. The third-order valence-electron chi connectivity index (χ3n) is 6.17. The number of aromatic nitrogens is 2. The number of carbonyl (C=O) groups excluding carboxylic acids is 2. The van der Waals surface area contributed by atoms with E-state index in [1.165, 1.54) is 7.11 Å². The van der Waals surface area contributed by atoms with Crippen LogP contribution in [0.1, 0.15) is 18.4 Å². The zero-order chi connectivity index (χ0) is 23.5. The summed E-state index contributed by atoms with van der Waals surface area (Å²) in [6, 6.07) is 6.48. The maximum atomic E-state index is 14.2. The first-order valence-corrected chi connectivity index (χ1v) is 10.8. The third kappa shape index (κ3) is 5.09. The zero-order valence-electron chi connectivity index (χ0n) is 17.8. The van der Waals surface area contributed by atoms with Gasteiger partial charge in [0.05, 0.1) is 24.9 Å². The second kappa shape index (κ2) is 9.75. The van der Waals surface area contributed by atoms with E-state index < -0.39 is 29.8 Å². The van der Waals surface area contributed by atoms with Crippen molar-refractivity contribution in [1.82, 2.24) is 15.3 Å². The van der Waals surface area contributed by atoms with E-state index in [0.717, 1.165) is 17.4 Å². The molecule has 1 heterocycles. The number of nitrogens with two attached hydrogens (primary N) is 1. The van der Waals surface area contributed by atoms with Crippen LogP contribution in [0, 0.1) is 23.6 Å². The summed E-state index contributed by atoms with van der Waals surface area (Å²) < 4.78 is 19.5. The van der Waals surface area contributed by atoms with Gasteiger partial charge in [-0.05, 0) is 48.1 Å². The Hall–Kier alpha value is -3.18. The Morgan fingerprint density at radius 2 is 2.15 bits per heavy atom. The summed E-state index contributed by atoms with van der Waals surface area (Å²) in [5.74, 6) is -2.02. The monoisotopic (exact) mass is 478 g/mol. The van der Waals surface area contributed by atoms with E-state index in [4.69, 9.17) is 26.9 Å². The number of nitrogens with one attached hydrogen (secondary N) is 3. The molecule has 10 nitrogen and oxygen atoms in total. The van der Waals surface area contributed by atoms with Gasteiger partial charge >= 0.3 is 6.09 Å². The highest BCUT2D eigenvalue weighted by molar-refractivity contribution is 6.28. The summed E-state index contributed by atoms with van der Waals surface area (Å²) in [5.41, 5.74) is 9.86. The summed E-state index contributed by atoms with van der Waals surface area (Å²) in [6.45, 7) is 0.0715. The number of hydrogen-bond acceptors (Lipinski definition) is 8. The number of amides is 2. The van der Waals surface area contributed by atoms with E-state index in [1.54, 1.807) is 6.07 Å². The predicted octanol–water partition coefficient (Wildman–Crippen LogP) is 2.46. The molecule has 176 valence electrons. The topological polar surface area (TPSA) is 140 Å². The smallest absolute Gasteiger partial charge is 0.407 e. The quantitative estimate of drug-likeness (QED) is 0.335. The molecule has 0 saturated heterocycles. The number of alkyl carbamates (subject to hydrolysis) is 1. The number of carbonyl (C=O) groups is 2. The lowest BCUT2D eigenvalue weighted by molar-refractivity contribution is -0.123. The fraction of sp³-hybridized carbons (Fsp3) is 0.429. The van der Waals surface area contributed by atoms with Crippen molar-refractivity contribution in [1.29, 1.82) is 0 Å². The highest BCUT2D eigenvalue weighted by atomic mass is 35.5. The van der Waals surface area contributed by atoms with Crippen molar-refractivity contribution in [2.45, 2.75) is 31.5 Å². The SMILES string of the molecule is CONc1cccc(COC(=O)NC2CC3C[C@H]2C(Nc2nc(Cl)ncc2F)C3C(N)=O)c1. The second-order valence-electron chi connectivity index (χ2n) is 8.16. The molecule has 5 N–H and O–H groups in total. The van der Waals surface area contributed by atoms with Gasteiger partial charge < -0.3 is 21.1 Å². The summed E-state index contributed by atoms with van der Waals surface area (Å²) in [7, 11) is 1.50. The molecule has 2 aliphatic carbocycles. The average molecular weight is 479 g/mol. The van der Waals surface area contributed by atoms with Crippen LogP contribution >= 0.6 is 11.6 Å². The lowest BCUT2D eigenvalue weighted by Gasteiger charge is -2.35. The molecule has 2 amide bonds. The van der Waals surface area contributed by atoms with E-state index in [-0.39, 0.29) is 35.6 Å². The minimum atomic E-state index is -0.695. The van der Waals surface area contributed by atoms with Crippen molar-refractivity contribution >= 4 is 35.1 Å². The molecule has 12 heteroatoms. The van der Waals surface area contributed by atoms with Crippen molar-refractivity contribution in [3.05, 3.63) is 47.1 Å². The number of benzene rings is 1. The number of nitrogens with zero attached hydrogens (tertiary/aromatic N) is 2. The molecular formula is C21H24ClFN6O4. The average Bonchev–Trinajstić information content (AvgIpc) is 3.33. The summed E-state index contributed by atoms with van der Waals surface area (Å²) in [4.78, 5) is 36.9. The number of fused-ring (bicyclic) bond motifs is 2. The summed E-state index contributed by atoms with van der Waals surface area (Å²) >= 11 is 5.79. The standard InChI is InChI=1S/C21H24ClFN6O4/c1-32-29-12-4-2-3-10(5-12)9-33-21(31)26-15-7-11-6-13(15)17(16(11)18(24)30)27-19-14(23)8-25-20(22)28-19/h2-5,8,11,13,15-17,29H,6-7,9H2,1H3,(H2,24,30)(H,26,31)(H,25,27,28)/t11?,13-,15?,16?,17?/m1/s1. The van der Waals surface area contributed by atoms with E-state index in [2.05, 4.69) is 26.1 Å². The van der Waals surface area contributed by atoms with Gasteiger partial charge in [-0.1, -0.05) is 12.1 Å². The predicted molar refractivity (Wildman–Crippen MR) is 117 cm³/mol. The molecule has 4 unspecified atom stereocenters. The van der Waals surface area contributed by atoms with Crippen molar-refractivity contribution in [3.8, 4) is 0 Å². The van der Waals surface area contributed by atoms with Gasteiger partial charge in [0.25, 0.3) is 0 Å². The van der Waals surface area contributed by atoms with E-state index in [9.17, 15) is 14.0 Å². The van der Waals surface area contributed by atoms with Gasteiger partial charge in [0.2, 0.25) is 11.2 Å². The molecule has 2 saturated carbocycles. The molecule has 4 rings (SSSR count). The van der Waals surface area contributed by atoms with Crippen LogP contribution in [0.2, 0.25) is 5.28 Å². The first kappa shape index (κ1) is 23.0. The highest BCUT2D eigenvalue weighted by Crippen LogP contribution is 2.49. The second-order valence-corrected chi connectivity index (χ2v) is 8.50. The van der Waals surface area contributed by atoms with Crippen molar-refractivity contribution in [2.75, 3.05) is 17.9 Å². The van der Waals surface area contributed by atoms with Crippen LogP contribution < -0.4 is 21.8 Å². The molecular weight excluding hydrogens is 455 g/mol. The molecule has 1 aromatic heterocycles. The van der Waals surface area contributed by atoms with Gasteiger partial charge in [-0.15, -0.1) is 0 Å². The lowest BCUT2D eigenvalue weighted by atomic mass is 9.81. The lowest BCUT2D eigenvalue weighted by Crippen LogP contribution is -2.51. The molecule has 2 bridgehead atoms. The van der Waals surface area contributed by atoms with Crippen molar-refractivity contribution in [2.24, 2.45) is 23.5 Å². The van der Waals surface area contributed by atoms with Gasteiger partial charge in [-0.2, -0.15) is 4.98 Å². The minimum absolute atomic E-state index is 0.0486. The van der Waals surface area contributed by atoms with E-state index in [1.807, 2.05) is 18.2 Å². The minimum Gasteiger partial charge on any atom is -0.445 e. The molecule has 2 fully saturated rings. The number of rotatable bonds is 8. The number of ether oxygens (including phenoxy) is 1. The number of halogens is 2. The number of hydrogen-bond donors (Lipinski definition) is 4. The Morgan fingerprint density at radius 1 is 1.33 bits per heavy atom. The highest BCUT2D eigenvalue weighted by Gasteiger charge is 2.55. The molecule has 5 atom stereocenters. The Balaban J connectivity index is 1.40. The summed E-state index contributed by atoms with van der Waals surface area (Å²) in [5, 5.41) is 5.72. The first-order valence-electron chi connectivity index (χ1n) is 10.4. The normalized spacial score (nSPS) is 25.5. The van der Waals surface area contributed by atoms with Crippen LogP contribution in [0.5, 0.6) is 0 Å². The van der Waals surface area contributed by atoms with Gasteiger partial charge in [-0.25, -0.2) is 14.2 Å². The first-order chi connectivity index (χ1) is 15.9.